The van der Waals surface area contributed by atoms with Crippen LogP contribution in [0.15, 0.2) is 24.5 Å². The molecule has 1 aromatic carbocycles. The number of alkyl halides is 1. The van der Waals surface area contributed by atoms with Gasteiger partial charge in [0.2, 0.25) is 5.91 Å². The van der Waals surface area contributed by atoms with Crippen LogP contribution in [0.5, 0.6) is 5.75 Å². The summed E-state index contributed by atoms with van der Waals surface area (Å²) in [5, 5.41) is 2.76. The summed E-state index contributed by atoms with van der Waals surface area (Å²) in [5.41, 5.74) is 4.50. The summed E-state index contributed by atoms with van der Waals surface area (Å²) in [5.74, 6) is 0.572. The van der Waals surface area contributed by atoms with Crippen LogP contribution in [0.4, 0.5) is 4.39 Å². The van der Waals surface area contributed by atoms with Crippen molar-refractivity contribution < 1.29 is 23.5 Å². The van der Waals surface area contributed by atoms with Crippen LogP contribution in [0, 0.1) is 19.8 Å². The van der Waals surface area contributed by atoms with Crippen molar-refractivity contribution in [1.29, 1.82) is 0 Å². The zero-order valence-electron chi connectivity index (χ0n) is 20.6. The van der Waals surface area contributed by atoms with Crippen molar-refractivity contribution in [3.63, 3.8) is 0 Å². The second-order valence-electron chi connectivity index (χ2n) is 9.65. The van der Waals surface area contributed by atoms with Gasteiger partial charge in [-0.25, -0.2) is 14.4 Å². The molecule has 5 rings (SSSR count). The fourth-order valence-electron chi connectivity index (χ4n) is 4.61. The first-order chi connectivity index (χ1) is 17.4. The third-order valence-electron chi connectivity index (χ3n) is 6.75. The standard InChI is InChI=1S/C26H30FN5O4/c1-14-4-7-20(36-11-16-5-6-16)17(8-14)23-25-24(29-13-28-23)22(15(2)30-25)26(34)31-19-10-32(9-18(19)27)21(33)12-35-3/h4,7-8,13,16,18-19,30H,5-6,9-12H2,1-3H3,(H,31,34)/t18-,19-/m1/s1. The molecule has 3 heterocycles. The number of hydrogen-bond donors (Lipinski definition) is 2. The monoisotopic (exact) mass is 495 g/mol. The van der Waals surface area contributed by atoms with E-state index in [-0.39, 0.29) is 25.6 Å². The Morgan fingerprint density at radius 2 is 2.03 bits per heavy atom. The number of carbonyl (C=O) groups is 2. The van der Waals surface area contributed by atoms with Gasteiger partial charge in [-0.1, -0.05) is 11.6 Å². The summed E-state index contributed by atoms with van der Waals surface area (Å²) in [6.07, 6.45) is 2.43. The van der Waals surface area contributed by atoms with Gasteiger partial charge in [0.1, 0.15) is 36.1 Å². The van der Waals surface area contributed by atoms with Crippen molar-refractivity contribution >= 4 is 22.8 Å². The second kappa shape index (κ2) is 9.85. The first-order valence-electron chi connectivity index (χ1n) is 12.1. The summed E-state index contributed by atoms with van der Waals surface area (Å²) in [6.45, 7) is 4.32. The molecule has 2 fully saturated rings. The van der Waals surface area contributed by atoms with Crippen LogP contribution in [0.1, 0.15) is 34.5 Å². The number of nitrogens with zero attached hydrogens (tertiary/aromatic N) is 3. The van der Waals surface area contributed by atoms with E-state index in [1.807, 2.05) is 25.1 Å². The van der Waals surface area contributed by atoms with E-state index in [1.165, 1.54) is 31.2 Å². The number of aromatic amines is 1. The van der Waals surface area contributed by atoms with Gasteiger partial charge in [0, 0.05) is 24.9 Å². The molecule has 1 aliphatic carbocycles. The maximum absolute atomic E-state index is 14.7. The molecule has 1 aliphatic heterocycles. The van der Waals surface area contributed by atoms with Crippen LogP contribution >= 0.6 is 0 Å². The molecule has 0 spiro atoms. The number of aromatic nitrogens is 3. The molecule has 2 aromatic heterocycles. The van der Waals surface area contributed by atoms with Crippen LogP contribution in [0.3, 0.4) is 0 Å². The van der Waals surface area contributed by atoms with Crippen LogP contribution in [-0.4, -0.2) is 77.3 Å². The number of benzene rings is 1. The first-order valence-corrected chi connectivity index (χ1v) is 12.1. The van der Waals surface area contributed by atoms with E-state index in [0.29, 0.717) is 40.5 Å². The number of rotatable bonds is 8. The van der Waals surface area contributed by atoms with Gasteiger partial charge < -0.3 is 24.7 Å². The number of hydrogen-bond acceptors (Lipinski definition) is 6. The number of aryl methyl sites for hydroxylation is 2. The number of likely N-dealkylation sites (tertiary alicyclic amines) is 1. The number of ether oxygens (including phenoxy) is 2. The minimum atomic E-state index is -1.37. The summed E-state index contributed by atoms with van der Waals surface area (Å²) >= 11 is 0. The molecule has 0 radical (unpaired) electrons. The predicted octanol–water partition coefficient (Wildman–Crippen LogP) is 2.96. The lowest BCUT2D eigenvalue weighted by Crippen LogP contribution is -2.42. The second-order valence-corrected chi connectivity index (χ2v) is 9.65. The number of methoxy groups -OCH3 is 1. The van der Waals surface area contributed by atoms with E-state index in [4.69, 9.17) is 9.47 Å². The Kier molecular flexibility index (Phi) is 6.61. The molecular weight excluding hydrogens is 465 g/mol. The van der Waals surface area contributed by atoms with Crippen LogP contribution in [-0.2, 0) is 9.53 Å². The van der Waals surface area contributed by atoms with Crippen LogP contribution < -0.4 is 10.1 Å². The largest absolute Gasteiger partial charge is 0.493 e. The molecule has 36 heavy (non-hydrogen) atoms. The predicted molar refractivity (Wildman–Crippen MR) is 132 cm³/mol. The molecular formula is C26H30FN5O4. The first kappa shape index (κ1) is 24.2. The molecule has 2 amide bonds. The van der Waals surface area contributed by atoms with Gasteiger partial charge in [-0.3, -0.25) is 9.59 Å². The van der Waals surface area contributed by atoms with Gasteiger partial charge in [0.05, 0.1) is 30.3 Å². The Hall–Kier alpha value is -3.53. The molecule has 0 bridgehead atoms. The summed E-state index contributed by atoms with van der Waals surface area (Å²) < 4.78 is 25.6. The Balaban J connectivity index is 1.43. The average Bonchev–Trinajstić information content (AvgIpc) is 3.51. The highest BCUT2D eigenvalue weighted by Gasteiger charge is 2.37. The summed E-state index contributed by atoms with van der Waals surface area (Å²) in [4.78, 5) is 38.9. The van der Waals surface area contributed by atoms with E-state index >= 15 is 0 Å². The van der Waals surface area contributed by atoms with Crippen molar-refractivity contribution in [3.05, 3.63) is 41.3 Å². The maximum atomic E-state index is 14.7. The third kappa shape index (κ3) is 4.77. The highest BCUT2D eigenvalue weighted by atomic mass is 19.1. The topological polar surface area (TPSA) is 109 Å². The van der Waals surface area contributed by atoms with Gasteiger partial charge in [-0.05, 0) is 44.7 Å². The Morgan fingerprint density at radius 3 is 2.78 bits per heavy atom. The number of nitrogens with one attached hydrogen (secondary N) is 2. The molecule has 10 heteroatoms. The number of halogens is 1. The number of H-pyrrole nitrogens is 1. The Labute approximate surface area is 208 Å². The van der Waals surface area contributed by atoms with Gasteiger partial charge in [-0.2, -0.15) is 0 Å². The molecule has 1 saturated carbocycles. The number of fused-ring (bicyclic) bond motifs is 1. The SMILES string of the molecule is COCC(=O)N1C[C@@H](F)[C@H](NC(=O)c2c(C)[nH]c3c(-c4cc(C)ccc4OCC4CC4)ncnc23)C1. The van der Waals surface area contributed by atoms with Crippen LogP contribution in [0.25, 0.3) is 22.3 Å². The Morgan fingerprint density at radius 1 is 1.22 bits per heavy atom. The molecule has 2 aliphatic rings. The van der Waals surface area contributed by atoms with Crippen LogP contribution in [0.2, 0.25) is 0 Å². The van der Waals surface area contributed by atoms with Crippen molar-refractivity contribution in [2.45, 2.75) is 38.9 Å². The lowest BCUT2D eigenvalue weighted by atomic mass is 10.1. The van der Waals surface area contributed by atoms with Gasteiger partial charge in [0.15, 0.2) is 0 Å². The molecule has 2 N–H and O–H groups in total. The highest BCUT2D eigenvalue weighted by molar-refractivity contribution is 6.09. The lowest BCUT2D eigenvalue weighted by molar-refractivity contribution is -0.134. The molecule has 0 unspecified atom stereocenters. The highest BCUT2D eigenvalue weighted by Crippen LogP contribution is 2.37. The van der Waals surface area contributed by atoms with Crippen molar-refractivity contribution in [2.75, 3.05) is 33.4 Å². The molecule has 3 aromatic rings. The summed E-state index contributed by atoms with van der Waals surface area (Å²) in [7, 11) is 1.41. The number of carbonyl (C=O) groups excluding carboxylic acids is 2. The van der Waals surface area contributed by atoms with E-state index < -0.39 is 18.1 Å². The van der Waals surface area contributed by atoms with Gasteiger partial charge in [-0.15, -0.1) is 0 Å². The zero-order chi connectivity index (χ0) is 25.4. The quantitative estimate of drug-likeness (QED) is 0.497. The van der Waals surface area contributed by atoms with E-state index in [1.54, 1.807) is 6.92 Å². The van der Waals surface area contributed by atoms with Crippen molar-refractivity contribution in [1.82, 2.24) is 25.2 Å². The molecule has 9 nitrogen and oxygen atoms in total. The average molecular weight is 496 g/mol. The van der Waals surface area contributed by atoms with Gasteiger partial charge >= 0.3 is 0 Å². The van der Waals surface area contributed by atoms with Crippen molar-refractivity contribution in [2.24, 2.45) is 5.92 Å². The molecule has 2 atom stereocenters. The minimum absolute atomic E-state index is 0.0800. The van der Waals surface area contributed by atoms with E-state index in [9.17, 15) is 14.0 Å². The maximum Gasteiger partial charge on any atom is 0.255 e. The Bertz CT molecular complexity index is 1300. The minimum Gasteiger partial charge on any atom is -0.493 e. The van der Waals surface area contributed by atoms with Crippen molar-refractivity contribution in [3.8, 4) is 17.0 Å². The smallest absolute Gasteiger partial charge is 0.255 e. The fraction of sp³-hybridized carbons (Fsp3) is 0.462. The molecule has 1 saturated heterocycles. The molecule has 190 valence electrons. The fourth-order valence-corrected chi connectivity index (χ4v) is 4.61. The van der Waals surface area contributed by atoms with Gasteiger partial charge in [0.25, 0.3) is 5.91 Å². The van der Waals surface area contributed by atoms with E-state index in [2.05, 4.69) is 20.3 Å². The zero-order valence-corrected chi connectivity index (χ0v) is 20.6. The summed E-state index contributed by atoms with van der Waals surface area (Å²) in [6, 6.07) is 5.14. The number of amides is 2. The normalized spacial score (nSPS) is 19.6. The third-order valence-corrected chi connectivity index (χ3v) is 6.75. The van der Waals surface area contributed by atoms with E-state index in [0.717, 1.165) is 16.9 Å². The lowest BCUT2D eigenvalue weighted by Gasteiger charge is -2.16.